The van der Waals surface area contributed by atoms with Crippen molar-refractivity contribution in [2.75, 3.05) is 7.05 Å². The van der Waals surface area contributed by atoms with Gasteiger partial charge in [-0.15, -0.1) is 11.3 Å². The molecule has 1 heterocycles. The highest BCUT2D eigenvalue weighted by Crippen LogP contribution is 2.29. The fourth-order valence-electron chi connectivity index (χ4n) is 1.92. The number of hydrogen-bond donors (Lipinski definition) is 1. The first-order valence-electron chi connectivity index (χ1n) is 5.30. The molecule has 4 heteroatoms. The first kappa shape index (κ1) is 12.2. The Hall–Kier alpha value is -1.26. The maximum absolute atomic E-state index is 13.8. The van der Waals surface area contributed by atoms with E-state index < -0.39 is 11.6 Å². The Morgan fingerprint density at radius 1 is 1.18 bits per heavy atom. The lowest BCUT2D eigenvalue weighted by Gasteiger charge is -2.17. The first-order valence-corrected chi connectivity index (χ1v) is 6.18. The molecule has 2 aromatic rings. The Bertz CT molecular complexity index is 522. The van der Waals surface area contributed by atoms with Gasteiger partial charge in [-0.2, -0.15) is 0 Å². The van der Waals surface area contributed by atoms with Crippen molar-refractivity contribution in [3.05, 3.63) is 57.3 Å². The standard InChI is InChI=1S/C13H13F2NS/c1-8-9(6-7-17-8)13(16-2)10-4-3-5-11(14)12(10)15/h3-7,13,16H,1-2H3. The minimum Gasteiger partial charge on any atom is -0.309 e. The molecule has 0 aliphatic heterocycles. The predicted molar refractivity (Wildman–Crippen MR) is 66.3 cm³/mol. The summed E-state index contributed by atoms with van der Waals surface area (Å²) in [7, 11) is 1.74. The number of halogens is 2. The van der Waals surface area contributed by atoms with Crippen LogP contribution >= 0.6 is 11.3 Å². The highest BCUT2D eigenvalue weighted by Gasteiger charge is 2.20. The van der Waals surface area contributed by atoms with Gasteiger partial charge in [-0.05, 0) is 37.0 Å². The van der Waals surface area contributed by atoms with Crippen molar-refractivity contribution in [3.8, 4) is 0 Å². The van der Waals surface area contributed by atoms with Crippen molar-refractivity contribution in [2.45, 2.75) is 13.0 Å². The summed E-state index contributed by atoms with van der Waals surface area (Å²) in [4.78, 5) is 1.10. The first-order chi connectivity index (χ1) is 8.15. The van der Waals surface area contributed by atoms with Gasteiger partial charge in [0.2, 0.25) is 0 Å². The van der Waals surface area contributed by atoms with Gasteiger partial charge in [0.25, 0.3) is 0 Å². The summed E-state index contributed by atoms with van der Waals surface area (Å²) in [6.45, 7) is 1.97. The van der Waals surface area contributed by atoms with Gasteiger partial charge in [-0.25, -0.2) is 8.78 Å². The molecular weight excluding hydrogens is 240 g/mol. The van der Waals surface area contributed by atoms with E-state index in [0.717, 1.165) is 16.5 Å². The van der Waals surface area contributed by atoms with E-state index in [4.69, 9.17) is 0 Å². The van der Waals surface area contributed by atoms with Crippen LogP contribution in [0.15, 0.2) is 29.6 Å². The Balaban J connectivity index is 2.50. The zero-order valence-electron chi connectivity index (χ0n) is 9.63. The lowest BCUT2D eigenvalue weighted by atomic mass is 9.99. The third kappa shape index (κ3) is 2.23. The van der Waals surface area contributed by atoms with E-state index in [-0.39, 0.29) is 6.04 Å². The van der Waals surface area contributed by atoms with Gasteiger partial charge >= 0.3 is 0 Å². The zero-order valence-corrected chi connectivity index (χ0v) is 10.4. The molecule has 90 valence electrons. The largest absolute Gasteiger partial charge is 0.309 e. The molecule has 0 fully saturated rings. The maximum atomic E-state index is 13.8. The highest BCUT2D eigenvalue weighted by molar-refractivity contribution is 7.10. The third-order valence-corrected chi connectivity index (χ3v) is 3.65. The molecule has 2 rings (SSSR count). The average Bonchev–Trinajstić information content (AvgIpc) is 2.72. The molecule has 1 nitrogen and oxygen atoms in total. The van der Waals surface area contributed by atoms with E-state index in [1.807, 2.05) is 18.4 Å². The minimum absolute atomic E-state index is 0.308. The van der Waals surface area contributed by atoms with Gasteiger partial charge in [-0.3, -0.25) is 0 Å². The highest BCUT2D eigenvalue weighted by atomic mass is 32.1. The second-order valence-electron chi connectivity index (χ2n) is 3.80. The third-order valence-electron chi connectivity index (χ3n) is 2.79. The summed E-state index contributed by atoms with van der Waals surface area (Å²) in [6, 6.07) is 5.89. The summed E-state index contributed by atoms with van der Waals surface area (Å²) in [5.41, 5.74) is 1.33. The van der Waals surface area contributed by atoms with Crippen molar-refractivity contribution in [1.29, 1.82) is 0 Å². The minimum atomic E-state index is -0.810. The van der Waals surface area contributed by atoms with Crippen LogP contribution in [0.25, 0.3) is 0 Å². The summed E-state index contributed by atoms with van der Waals surface area (Å²) in [5.74, 6) is -1.59. The van der Waals surface area contributed by atoms with Crippen LogP contribution in [0.4, 0.5) is 8.78 Å². The summed E-state index contributed by atoms with van der Waals surface area (Å²) >= 11 is 1.60. The van der Waals surface area contributed by atoms with Crippen LogP contribution in [-0.4, -0.2) is 7.05 Å². The van der Waals surface area contributed by atoms with Crippen LogP contribution in [0.5, 0.6) is 0 Å². The second-order valence-corrected chi connectivity index (χ2v) is 4.92. The average molecular weight is 253 g/mol. The zero-order chi connectivity index (χ0) is 12.4. The smallest absolute Gasteiger partial charge is 0.163 e. The number of hydrogen-bond acceptors (Lipinski definition) is 2. The van der Waals surface area contributed by atoms with Crippen molar-refractivity contribution >= 4 is 11.3 Å². The van der Waals surface area contributed by atoms with E-state index in [9.17, 15) is 8.78 Å². The second kappa shape index (κ2) is 4.94. The lowest BCUT2D eigenvalue weighted by molar-refractivity contribution is 0.487. The SMILES string of the molecule is CNC(c1ccsc1C)c1cccc(F)c1F. The molecule has 0 amide bonds. The molecule has 0 aliphatic carbocycles. The topological polar surface area (TPSA) is 12.0 Å². The molecule has 0 radical (unpaired) electrons. The molecule has 1 aromatic heterocycles. The van der Waals surface area contributed by atoms with Crippen molar-refractivity contribution in [3.63, 3.8) is 0 Å². The van der Waals surface area contributed by atoms with Crippen LogP contribution in [0.1, 0.15) is 22.0 Å². The van der Waals surface area contributed by atoms with Crippen LogP contribution in [0.2, 0.25) is 0 Å². The lowest BCUT2D eigenvalue weighted by Crippen LogP contribution is -2.19. The van der Waals surface area contributed by atoms with Gasteiger partial charge in [0.1, 0.15) is 0 Å². The van der Waals surface area contributed by atoms with E-state index in [1.165, 1.54) is 6.07 Å². The van der Waals surface area contributed by atoms with Crippen LogP contribution < -0.4 is 5.32 Å². The Kier molecular flexibility index (Phi) is 3.54. The van der Waals surface area contributed by atoms with E-state index in [1.54, 1.807) is 24.5 Å². The van der Waals surface area contributed by atoms with E-state index >= 15 is 0 Å². The van der Waals surface area contributed by atoms with Crippen molar-refractivity contribution in [2.24, 2.45) is 0 Å². The summed E-state index contributed by atoms with van der Waals surface area (Å²) < 4.78 is 27.0. The fraction of sp³-hybridized carbons (Fsp3) is 0.231. The fourth-order valence-corrected chi connectivity index (χ4v) is 2.66. The van der Waals surface area contributed by atoms with Crippen molar-refractivity contribution < 1.29 is 8.78 Å². The Morgan fingerprint density at radius 3 is 2.53 bits per heavy atom. The van der Waals surface area contributed by atoms with Gasteiger partial charge in [-0.1, -0.05) is 12.1 Å². The number of aryl methyl sites for hydroxylation is 1. The molecule has 17 heavy (non-hydrogen) atoms. The van der Waals surface area contributed by atoms with E-state index in [2.05, 4.69) is 5.32 Å². The summed E-state index contributed by atoms with van der Waals surface area (Å²) in [6.07, 6.45) is 0. The molecule has 0 spiro atoms. The molecule has 0 saturated carbocycles. The Labute approximate surface area is 103 Å². The quantitative estimate of drug-likeness (QED) is 0.880. The number of nitrogens with one attached hydrogen (secondary N) is 1. The van der Waals surface area contributed by atoms with Crippen LogP contribution in [0, 0.1) is 18.6 Å². The number of thiophene rings is 1. The molecular formula is C13H13F2NS. The van der Waals surface area contributed by atoms with Gasteiger partial charge in [0.05, 0.1) is 6.04 Å². The van der Waals surface area contributed by atoms with Gasteiger partial charge in [0.15, 0.2) is 11.6 Å². The molecule has 1 unspecified atom stereocenters. The molecule has 1 atom stereocenters. The molecule has 1 aromatic carbocycles. The van der Waals surface area contributed by atoms with Crippen molar-refractivity contribution in [1.82, 2.24) is 5.32 Å². The molecule has 0 aliphatic rings. The normalized spacial score (nSPS) is 12.7. The molecule has 0 bridgehead atoms. The number of benzene rings is 1. The summed E-state index contributed by atoms with van der Waals surface area (Å²) in [5, 5.41) is 4.98. The maximum Gasteiger partial charge on any atom is 0.163 e. The van der Waals surface area contributed by atoms with E-state index in [0.29, 0.717) is 5.56 Å². The van der Waals surface area contributed by atoms with Gasteiger partial charge in [0, 0.05) is 10.4 Å². The van der Waals surface area contributed by atoms with Crippen LogP contribution in [-0.2, 0) is 0 Å². The molecule has 0 saturated heterocycles. The van der Waals surface area contributed by atoms with Gasteiger partial charge < -0.3 is 5.32 Å². The Morgan fingerprint density at radius 2 is 1.94 bits per heavy atom. The predicted octanol–water partition coefficient (Wildman–Crippen LogP) is 3.64. The number of rotatable bonds is 3. The monoisotopic (exact) mass is 253 g/mol. The van der Waals surface area contributed by atoms with Crippen LogP contribution in [0.3, 0.4) is 0 Å². The molecule has 1 N–H and O–H groups in total.